The first-order valence-corrected chi connectivity index (χ1v) is 15.1. The number of ether oxygens (including phenoxy) is 1. The Morgan fingerprint density at radius 2 is 1.81 bits per heavy atom. The minimum atomic E-state index is -1.49. The first-order chi connectivity index (χ1) is 9.55. The van der Waals surface area contributed by atoms with E-state index in [0.29, 0.717) is 0 Å². The molecule has 1 aromatic carbocycles. The van der Waals surface area contributed by atoms with Crippen LogP contribution in [0.5, 0.6) is 5.75 Å². The van der Waals surface area contributed by atoms with Crippen LogP contribution in [0.2, 0.25) is 38.3 Å². The van der Waals surface area contributed by atoms with Gasteiger partial charge in [-0.15, -0.1) is 0 Å². The van der Waals surface area contributed by atoms with Crippen molar-refractivity contribution in [3.05, 3.63) is 30.3 Å². The van der Waals surface area contributed by atoms with E-state index in [4.69, 9.17) is 15.8 Å². The first-order valence-electron chi connectivity index (χ1n) is 7.68. The van der Waals surface area contributed by atoms with Gasteiger partial charge in [0.15, 0.2) is 0 Å². The summed E-state index contributed by atoms with van der Waals surface area (Å²) in [4.78, 5) is 0. The third kappa shape index (κ3) is 6.01. The molecule has 0 N–H and O–H groups in total. The van der Waals surface area contributed by atoms with Gasteiger partial charge >= 0.3 is 0 Å². The van der Waals surface area contributed by atoms with E-state index in [1.165, 1.54) is 17.3 Å². The summed E-state index contributed by atoms with van der Waals surface area (Å²) in [6.45, 7) is 17.3. The standard InChI is InChI=1S/C17H29ClOSi2/c1-8-15-13-16(9-10-17(15)19-14(2)3)20(4,5)11-12-21(6,7)18/h8-10,13-14H,1,11-12H2,2-7H3. The van der Waals surface area contributed by atoms with Crippen LogP contribution in [-0.2, 0) is 0 Å². The minimum absolute atomic E-state index is 0.183. The van der Waals surface area contributed by atoms with E-state index in [1.54, 1.807) is 0 Å². The molecule has 0 amide bonds. The van der Waals surface area contributed by atoms with Crippen molar-refractivity contribution in [1.29, 1.82) is 0 Å². The fourth-order valence-electron chi connectivity index (χ4n) is 2.24. The molecule has 118 valence electrons. The van der Waals surface area contributed by atoms with Gasteiger partial charge in [0.1, 0.15) is 13.1 Å². The Labute approximate surface area is 137 Å². The van der Waals surface area contributed by atoms with Gasteiger partial charge in [0.2, 0.25) is 0 Å². The van der Waals surface area contributed by atoms with Crippen LogP contribution < -0.4 is 9.92 Å². The van der Waals surface area contributed by atoms with E-state index in [-0.39, 0.29) is 6.10 Å². The second kappa shape index (κ2) is 7.16. The van der Waals surface area contributed by atoms with Gasteiger partial charge in [-0.25, -0.2) is 0 Å². The number of rotatable bonds is 7. The second-order valence-electron chi connectivity index (χ2n) is 7.23. The molecule has 0 fully saturated rings. The summed E-state index contributed by atoms with van der Waals surface area (Å²) in [5.41, 5.74) is 1.10. The van der Waals surface area contributed by atoms with Gasteiger partial charge in [0, 0.05) is 5.56 Å². The Morgan fingerprint density at radius 3 is 2.29 bits per heavy atom. The predicted molar refractivity (Wildman–Crippen MR) is 102 cm³/mol. The lowest BCUT2D eigenvalue weighted by atomic mass is 10.2. The quantitative estimate of drug-likeness (QED) is 0.472. The van der Waals surface area contributed by atoms with Crippen LogP contribution in [0.25, 0.3) is 6.08 Å². The summed E-state index contributed by atoms with van der Waals surface area (Å²) in [5, 5.41) is 1.46. The molecule has 0 spiro atoms. The Balaban J connectivity index is 2.99. The molecule has 0 radical (unpaired) electrons. The molecule has 0 saturated carbocycles. The zero-order valence-corrected chi connectivity index (χ0v) is 17.1. The molecular formula is C17H29ClOSi2. The smallest absolute Gasteiger partial charge is 0.150 e. The molecule has 0 atom stereocenters. The molecule has 0 aliphatic heterocycles. The molecule has 0 heterocycles. The monoisotopic (exact) mass is 340 g/mol. The summed E-state index contributed by atoms with van der Waals surface area (Å²) in [6, 6.07) is 9.03. The van der Waals surface area contributed by atoms with Crippen molar-refractivity contribution >= 4 is 37.8 Å². The predicted octanol–water partition coefficient (Wildman–Crippen LogP) is 5.48. The molecule has 1 rings (SSSR count). The van der Waals surface area contributed by atoms with Crippen molar-refractivity contribution in [2.45, 2.75) is 58.2 Å². The number of hydrogen-bond donors (Lipinski definition) is 0. The van der Waals surface area contributed by atoms with Crippen LogP contribution in [0.4, 0.5) is 0 Å². The van der Waals surface area contributed by atoms with Gasteiger partial charge < -0.3 is 4.74 Å². The summed E-state index contributed by atoms with van der Waals surface area (Å²) in [5.74, 6) is 0.931. The Morgan fingerprint density at radius 1 is 1.19 bits per heavy atom. The molecule has 1 aromatic rings. The zero-order chi connectivity index (χ0) is 16.3. The average Bonchev–Trinajstić information content (AvgIpc) is 2.35. The largest absolute Gasteiger partial charge is 0.490 e. The van der Waals surface area contributed by atoms with Gasteiger partial charge in [-0.2, -0.15) is 11.1 Å². The summed E-state index contributed by atoms with van der Waals surface area (Å²) < 4.78 is 5.85. The molecule has 1 nitrogen and oxygen atoms in total. The lowest BCUT2D eigenvalue weighted by Gasteiger charge is -2.26. The van der Waals surface area contributed by atoms with Gasteiger partial charge in [-0.3, -0.25) is 0 Å². The summed E-state index contributed by atoms with van der Waals surface area (Å²) in [6.07, 6.45) is 2.08. The van der Waals surface area contributed by atoms with Crippen LogP contribution in [0.3, 0.4) is 0 Å². The highest BCUT2D eigenvalue weighted by molar-refractivity contribution is 7.19. The van der Waals surface area contributed by atoms with Gasteiger partial charge in [0.05, 0.1) is 14.2 Å². The molecule has 0 saturated heterocycles. The fraction of sp³-hybridized carbons (Fsp3) is 0.529. The van der Waals surface area contributed by atoms with Gasteiger partial charge in [0.25, 0.3) is 0 Å². The van der Waals surface area contributed by atoms with Gasteiger partial charge in [-0.05, 0) is 26.0 Å². The maximum Gasteiger partial charge on any atom is 0.150 e. The average molecular weight is 341 g/mol. The van der Waals surface area contributed by atoms with E-state index >= 15 is 0 Å². The van der Waals surface area contributed by atoms with Crippen LogP contribution in [0, 0.1) is 0 Å². The minimum Gasteiger partial charge on any atom is -0.490 e. The van der Waals surface area contributed by atoms with Gasteiger partial charge in [-0.1, -0.05) is 62.2 Å². The summed E-state index contributed by atoms with van der Waals surface area (Å²) >= 11 is 6.49. The molecule has 0 bridgehead atoms. The fourth-order valence-corrected chi connectivity index (χ4v) is 9.34. The van der Waals surface area contributed by atoms with E-state index < -0.39 is 15.5 Å². The van der Waals surface area contributed by atoms with Crippen LogP contribution in [0.15, 0.2) is 24.8 Å². The molecule has 0 aliphatic rings. The molecule has 0 aliphatic carbocycles. The van der Waals surface area contributed by atoms with E-state index in [2.05, 4.69) is 51.0 Å². The number of hydrogen-bond acceptors (Lipinski definition) is 1. The van der Waals surface area contributed by atoms with E-state index in [9.17, 15) is 0 Å². The van der Waals surface area contributed by atoms with Crippen LogP contribution >= 0.6 is 11.1 Å². The molecule has 0 unspecified atom stereocenters. The molecule has 0 aromatic heterocycles. The number of halogens is 1. The maximum absolute atomic E-state index is 6.49. The molecular weight excluding hydrogens is 312 g/mol. The Hall–Kier alpha value is -0.516. The van der Waals surface area contributed by atoms with Crippen molar-refractivity contribution in [3.63, 3.8) is 0 Å². The normalized spacial score (nSPS) is 12.6. The van der Waals surface area contributed by atoms with Crippen LogP contribution in [-0.4, -0.2) is 21.6 Å². The maximum atomic E-state index is 6.49. The van der Waals surface area contributed by atoms with Crippen molar-refractivity contribution in [2.24, 2.45) is 0 Å². The topological polar surface area (TPSA) is 9.23 Å². The third-order valence-corrected chi connectivity index (χ3v) is 9.60. The summed E-state index contributed by atoms with van der Waals surface area (Å²) in [7, 11) is -2.95. The molecule has 21 heavy (non-hydrogen) atoms. The van der Waals surface area contributed by atoms with Crippen molar-refractivity contribution in [3.8, 4) is 5.75 Å². The Kier molecular flexibility index (Phi) is 6.32. The lowest BCUT2D eigenvalue weighted by Crippen LogP contribution is -2.42. The number of benzene rings is 1. The third-order valence-electron chi connectivity index (χ3n) is 3.72. The first kappa shape index (κ1) is 18.5. The van der Waals surface area contributed by atoms with E-state index in [0.717, 1.165) is 11.3 Å². The second-order valence-corrected chi connectivity index (χ2v) is 19.1. The zero-order valence-electron chi connectivity index (χ0n) is 14.3. The van der Waals surface area contributed by atoms with Crippen molar-refractivity contribution in [2.75, 3.05) is 0 Å². The molecule has 4 heteroatoms. The van der Waals surface area contributed by atoms with Crippen molar-refractivity contribution < 1.29 is 4.74 Å². The highest BCUT2D eigenvalue weighted by atomic mass is 35.6. The van der Waals surface area contributed by atoms with Crippen LogP contribution in [0.1, 0.15) is 19.4 Å². The lowest BCUT2D eigenvalue weighted by molar-refractivity contribution is 0.242. The Bertz CT molecular complexity index is 490. The van der Waals surface area contributed by atoms with E-state index in [1.807, 2.05) is 19.9 Å². The highest BCUT2D eigenvalue weighted by Crippen LogP contribution is 2.25. The van der Waals surface area contributed by atoms with Crippen molar-refractivity contribution in [1.82, 2.24) is 0 Å². The highest BCUT2D eigenvalue weighted by Gasteiger charge is 2.28. The SMILES string of the molecule is C=Cc1cc([Si](C)(C)CC[Si](C)(C)Cl)ccc1OC(C)C.